The number of ether oxygens (including phenoxy) is 1. The number of hydrogen-bond donors (Lipinski definition) is 0. The van der Waals surface area contributed by atoms with Crippen LogP contribution in [0.4, 0.5) is 5.82 Å². The first kappa shape index (κ1) is 19.3. The van der Waals surface area contributed by atoms with Crippen molar-refractivity contribution in [3.05, 3.63) is 54.6 Å². The molecule has 29 heavy (non-hydrogen) atoms. The summed E-state index contributed by atoms with van der Waals surface area (Å²) in [6, 6.07) is 10.5. The SMILES string of the molecule is COc1ccccc1S(=O)(=O)N1CCN(c2ccc(-n3ccnc3C)nn2)CC1. The van der Waals surface area contributed by atoms with E-state index in [9.17, 15) is 8.42 Å². The van der Waals surface area contributed by atoms with Gasteiger partial charge in [-0.2, -0.15) is 4.31 Å². The second-order valence-electron chi connectivity index (χ2n) is 6.64. The summed E-state index contributed by atoms with van der Waals surface area (Å²) in [5, 5.41) is 8.59. The molecule has 2 aromatic heterocycles. The number of para-hydroxylation sites is 1. The molecule has 1 aromatic carbocycles. The Morgan fingerprint density at radius 1 is 0.966 bits per heavy atom. The number of aryl methyl sites for hydroxylation is 1. The lowest BCUT2D eigenvalue weighted by atomic mass is 10.3. The number of methoxy groups -OCH3 is 1. The molecule has 1 fully saturated rings. The van der Waals surface area contributed by atoms with Crippen molar-refractivity contribution in [2.24, 2.45) is 0 Å². The van der Waals surface area contributed by atoms with Crippen LogP contribution in [-0.2, 0) is 10.0 Å². The van der Waals surface area contributed by atoms with Gasteiger partial charge in [0.1, 0.15) is 16.5 Å². The van der Waals surface area contributed by atoms with E-state index in [1.807, 2.05) is 34.7 Å². The highest BCUT2D eigenvalue weighted by molar-refractivity contribution is 7.89. The summed E-state index contributed by atoms with van der Waals surface area (Å²) in [6.45, 7) is 3.70. The van der Waals surface area contributed by atoms with Crippen LogP contribution in [0, 0.1) is 6.92 Å². The smallest absolute Gasteiger partial charge is 0.246 e. The van der Waals surface area contributed by atoms with Crippen LogP contribution in [0.1, 0.15) is 5.82 Å². The summed E-state index contributed by atoms with van der Waals surface area (Å²) in [7, 11) is -2.14. The number of benzene rings is 1. The van der Waals surface area contributed by atoms with E-state index in [1.165, 1.54) is 11.4 Å². The highest BCUT2D eigenvalue weighted by Crippen LogP contribution is 2.27. The number of rotatable bonds is 5. The quantitative estimate of drug-likeness (QED) is 0.624. The lowest BCUT2D eigenvalue weighted by molar-refractivity contribution is 0.373. The fraction of sp³-hybridized carbons (Fsp3) is 0.316. The van der Waals surface area contributed by atoms with Gasteiger partial charge in [-0.05, 0) is 31.2 Å². The van der Waals surface area contributed by atoms with Crippen LogP contribution in [0.3, 0.4) is 0 Å². The van der Waals surface area contributed by atoms with Gasteiger partial charge in [0.2, 0.25) is 10.0 Å². The first-order chi connectivity index (χ1) is 14.0. The van der Waals surface area contributed by atoms with E-state index < -0.39 is 10.0 Å². The summed E-state index contributed by atoms with van der Waals surface area (Å²) >= 11 is 0. The van der Waals surface area contributed by atoms with Crippen molar-refractivity contribution in [3.8, 4) is 11.6 Å². The van der Waals surface area contributed by atoms with E-state index in [0.717, 1.165) is 11.6 Å². The predicted octanol–water partition coefficient (Wildman–Crippen LogP) is 1.49. The van der Waals surface area contributed by atoms with Crippen molar-refractivity contribution >= 4 is 15.8 Å². The van der Waals surface area contributed by atoms with Gasteiger partial charge < -0.3 is 9.64 Å². The lowest BCUT2D eigenvalue weighted by Gasteiger charge is -2.34. The molecule has 0 unspecified atom stereocenters. The maximum Gasteiger partial charge on any atom is 0.246 e. The second kappa shape index (κ2) is 7.80. The molecular formula is C19H22N6O3S. The van der Waals surface area contributed by atoms with Crippen molar-refractivity contribution < 1.29 is 13.2 Å². The van der Waals surface area contributed by atoms with Crippen LogP contribution >= 0.6 is 0 Å². The molecule has 4 rings (SSSR count). The van der Waals surface area contributed by atoms with E-state index in [2.05, 4.69) is 15.2 Å². The van der Waals surface area contributed by atoms with Crippen molar-refractivity contribution in [2.75, 3.05) is 38.2 Å². The van der Waals surface area contributed by atoms with Crippen molar-refractivity contribution in [1.29, 1.82) is 0 Å². The van der Waals surface area contributed by atoms with Gasteiger partial charge in [-0.15, -0.1) is 10.2 Å². The fourth-order valence-electron chi connectivity index (χ4n) is 3.36. The minimum absolute atomic E-state index is 0.191. The van der Waals surface area contributed by atoms with Gasteiger partial charge in [0.15, 0.2) is 11.6 Å². The van der Waals surface area contributed by atoms with E-state index in [0.29, 0.717) is 37.7 Å². The predicted molar refractivity (Wildman–Crippen MR) is 108 cm³/mol. The third-order valence-corrected chi connectivity index (χ3v) is 6.90. The summed E-state index contributed by atoms with van der Waals surface area (Å²) in [4.78, 5) is 6.41. The van der Waals surface area contributed by atoms with Crippen molar-refractivity contribution in [3.63, 3.8) is 0 Å². The topological polar surface area (TPSA) is 93.5 Å². The Kier molecular flexibility index (Phi) is 5.20. The zero-order chi connectivity index (χ0) is 20.4. The molecule has 0 atom stereocenters. The first-order valence-corrected chi connectivity index (χ1v) is 10.7. The number of nitrogens with zero attached hydrogens (tertiary/aromatic N) is 6. The molecule has 0 amide bonds. The van der Waals surface area contributed by atoms with E-state index in [-0.39, 0.29) is 4.90 Å². The fourth-order valence-corrected chi connectivity index (χ4v) is 4.94. The minimum atomic E-state index is -3.62. The third kappa shape index (κ3) is 3.68. The minimum Gasteiger partial charge on any atom is -0.495 e. The monoisotopic (exact) mass is 414 g/mol. The van der Waals surface area contributed by atoms with Gasteiger partial charge in [0.25, 0.3) is 0 Å². The number of imidazole rings is 1. The highest BCUT2D eigenvalue weighted by atomic mass is 32.2. The van der Waals surface area contributed by atoms with Gasteiger partial charge in [-0.25, -0.2) is 13.4 Å². The Bertz CT molecular complexity index is 1090. The number of sulfonamides is 1. The number of aromatic nitrogens is 4. The van der Waals surface area contributed by atoms with Crippen LogP contribution in [0.5, 0.6) is 5.75 Å². The molecule has 3 aromatic rings. The summed E-state index contributed by atoms with van der Waals surface area (Å²) < 4.78 is 34.6. The molecule has 0 saturated carbocycles. The molecular weight excluding hydrogens is 392 g/mol. The van der Waals surface area contributed by atoms with Crippen molar-refractivity contribution in [2.45, 2.75) is 11.8 Å². The number of piperazine rings is 1. The highest BCUT2D eigenvalue weighted by Gasteiger charge is 2.31. The lowest BCUT2D eigenvalue weighted by Crippen LogP contribution is -2.49. The molecule has 10 heteroatoms. The molecule has 9 nitrogen and oxygen atoms in total. The first-order valence-electron chi connectivity index (χ1n) is 9.23. The molecule has 3 heterocycles. The van der Waals surface area contributed by atoms with Crippen LogP contribution < -0.4 is 9.64 Å². The number of anilines is 1. The van der Waals surface area contributed by atoms with Gasteiger partial charge in [-0.1, -0.05) is 12.1 Å². The molecule has 0 bridgehead atoms. The average molecular weight is 414 g/mol. The van der Waals surface area contributed by atoms with E-state index in [4.69, 9.17) is 4.74 Å². The second-order valence-corrected chi connectivity index (χ2v) is 8.54. The summed E-state index contributed by atoms with van der Waals surface area (Å²) in [6.07, 6.45) is 3.55. The number of hydrogen-bond acceptors (Lipinski definition) is 7. The summed E-state index contributed by atoms with van der Waals surface area (Å²) in [5.41, 5.74) is 0. The zero-order valence-corrected chi connectivity index (χ0v) is 17.1. The molecule has 152 valence electrons. The van der Waals surface area contributed by atoms with Crippen molar-refractivity contribution in [1.82, 2.24) is 24.1 Å². The maximum atomic E-state index is 13.0. The standard InChI is InChI=1S/C19H22N6O3S/c1-15-20-9-10-25(15)19-8-7-18(21-22-19)23-11-13-24(14-12-23)29(26,27)17-6-4-3-5-16(17)28-2/h3-10H,11-14H2,1-2H3. The molecule has 0 radical (unpaired) electrons. The Hall–Kier alpha value is -2.98. The van der Waals surface area contributed by atoms with Crippen LogP contribution in [0.25, 0.3) is 5.82 Å². The summed E-state index contributed by atoms with van der Waals surface area (Å²) in [5.74, 6) is 2.61. The van der Waals surface area contributed by atoms with Gasteiger partial charge in [-0.3, -0.25) is 4.57 Å². The molecule has 0 N–H and O–H groups in total. The van der Waals surface area contributed by atoms with Gasteiger partial charge in [0, 0.05) is 38.6 Å². The largest absolute Gasteiger partial charge is 0.495 e. The van der Waals surface area contributed by atoms with E-state index >= 15 is 0 Å². The Balaban J connectivity index is 1.46. The zero-order valence-electron chi connectivity index (χ0n) is 16.3. The Labute approximate surface area is 169 Å². The van der Waals surface area contributed by atoms with E-state index in [1.54, 1.807) is 30.5 Å². The third-order valence-electron chi connectivity index (χ3n) is 4.96. The Morgan fingerprint density at radius 2 is 1.66 bits per heavy atom. The Morgan fingerprint density at radius 3 is 2.28 bits per heavy atom. The average Bonchev–Trinajstić information content (AvgIpc) is 3.20. The normalized spacial score (nSPS) is 15.4. The van der Waals surface area contributed by atoms with Crippen LogP contribution in [0.15, 0.2) is 53.7 Å². The van der Waals surface area contributed by atoms with Gasteiger partial charge in [0.05, 0.1) is 7.11 Å². The molecule has 1 aliphatic rings. The molecule has 0 aliphatic carbocycles. The molecule has 0 spiro atoms. The molecule has 1 saturated heterocycles. The van der Waals surface area contributed by atoms with Gasteiger partial charge >= 0.3 is 0 Å². The van der Waals surface area contributed by atoms with Crippen LogP contribution in [0.2, 0.25) is 0 Å². The molecule has 1 aliphatic heterocycles. The maximum absolute atomic E-state index is 13.0. The van der Waals surface area contributed by atoms with Crippen LogP contribution in [-0.4, -0.2) is 65.8 Å².